The van der Waals surface area contributed by atoms with Crippen molar-refractivity contribution in [3.8, 4) is 5.75 Å². The molecule has 1 aliphatic carbocycles. The monoisotopic (exact) mass is 290 g/mol. The van der Waals surface area contributed by atoms with Crippen molar-refractivity contribution in [2.45, 2.75) is 56.7 Å². The van der Waals surface area contributed by atoms with Gasteiger partial charge >= 0.3 is 7.12 Å². The molecule has 1 spiro atoms. The normalized spacial score (nSPS) is 24.8. The molecule has 1 atom stereocenters. The summed E-state index contributed by atoms with van der Waals surface area (Å²) in [5.41, 5.74) is 0.528. The van der Waals surface area contributed by atoms with Gasteiger partial charge in [0.1, 0.15) is 11.9 Å². The zero-order valence-corrected chi connectivity index (χ0v) is 12.3. The summed E-state index contributed by atoms with van der Waals surface area (Å²) in [6.07, 6.45) is 8.24. The Morgan fingerprint density at radius 3 is 2.48 bits per heavy atom. The van der Waals surface area contributed by atoms with Crippen LogP contribution in [0.1, 0.15) is 44.9 Å². The van der Waals surface area contributed by atoms with Crippen molar-refractivity contribution in [1.82, 2.24) is 0 Å². The lowest BCUT2D eigenvalue weighted by Gasteiger charge is -2.43. The average molecular weight is 290 g/mol. The molecular weight excluding hydrogens is 267 g/mol. The molecule has 1 aliphatic heterocycles. The van der Waals surface area contributed by atoms with Crippen molar-refractivity contribution < 1.29 is 19.5 Å². The van der Waals surface area contributed by atoms with Crippen LogP contribution in [-0.2, 0) is 4.74 Å². The zero-order chi connectivity index (χ0) is 14.7. The van der Waals surface area contributed by atoms with Crippen LogP contribution < -0.4 is 10.2 Å². The fourth-order valence-electron chi connectivity index (χ4n) is 3.54. The Kier molecular flexibility index (Phi) is 4.52. The summed E-state index contributed by atoms with van der Waals surface area (Å²) in [5.74, 6) is 0.789. The Morgan fingerprint density at radius 1 is 1.10 bits per heavy atom. The predicted molar refractivity (Wildman–Crippen MR) is 81.7 cm³/mol. The van der Waals surface area contributed by atoms with Crippen molar-refractivity contribution in [3.05, 3.63) is 24.3 Å². The second-order valence-electron chi connectivity index (χ2n) is 6.27. The summed E-state index contributed by atoms with van der Waals surface area (Å²) < 4.78 is 12.2. The van der Waals surface area contributed by atoms with Crippen LogP contribution in [0.25, 0.3) is 0 Å². The van der Waals surface area contributed by atoms with Gasteiger partial charge in [-0.1, -0.05) is 31.4 Å². The second-order valence-corrected chi connectivity index (χ2v) is 6.27. The smallest absolute Gasteiger partial charge is 0.488 e. The van der Waals surface area contributed by atoms with Gasteiger partial charge in [-0.2, -0.15) is 0 Å². The van der Waals surface area contributed by atoms with E-state index in [-0.39, 0.29) is 11.7 Å². The lowest BCUT2D eigenvalue weighted by Crippen LogP contribution is -2.45. The molecule has 1 saturated carbocycles. The predicted octanol–water partition coefficient (Wildman–Crippen LogP) is 1.63. The van der Waals surface area contributed by atoms with E-state index in [0.29, 0.717) is 5.46 Å². The lowest BCUT2D eigenvalue weighted by molar-refractivity contribution is -0.129. The van der Waals surface area contributed by atoms with E-state index in [4.69, 9.17) is 19.5 Å². The molecule has 3 rings (SSSR count). The van der Waals surface area contributed by atoms with Gasteiger partial charge in [0.25, 0.3) is 0 Å². The number of ether oxygens (including phenoxy) is 2. The van der Waals surface area contributed by atoms with Crippen molar-refractivity contribution >= 4 is 12.6 Å². The molecule has 2 aliphatic rings. The van der Waals surface area contributed by atoms with Gasteiger partial charge in [0.05, 0.1) is 12.2 Å². The molecule has 2 N–H and O–H groups in total. The average Bonchev–Trinajstić information content (AvgIpc) is 2.49. The molecule has 21 heavy (non-hydrogen) atoms. The van der Waals surface area contributed by atoms with Gasteiger partial charge in [-0.15, -0.1) is 0 Å². The fourth-order valence-corrected chi connectivity index (χ4v) is 3.54. The summed E-state index contributed by atoms with van der Waals surface area (Å²) in [7, 11) is -1.42. The van der Waals surface area contributed by atoms with E-state index < -0.39 is 7.12 Å². The maximum Gasteiger partial charge on any atom is 0.488 e. The summed E-state index contributed by atoms with van der Waals surface area (Å²) >= 11 is 0. The Hall–Kier alpha value is -1.04. The molecule has 1 unspecified atom stereocenters. The fraction of sp³-hybridized carbons (Fsp3) is 0.625. The number of benzene rings is 1. The van der Waals surface area contributed by atoms with Crippen molar-refractivity contribution in [2.75, 3.05) is 6.61 Å². The highest BCUT2D eigenvalue weighted by atomic mass is 16.5. The second kappa shape index (κ2) is 6.38. The largest absolute Gasteiger partial charge is 0.490 e. The molecule has 1 saturated heterocycles. The third-order valence-corrected chi connectivity index (χ3v) is 4.69. The standard InChI is InChI=1S/C16H23BO4/c18-17(19)13-4-6-14(7-5-13)21-15-8-11-20-16(12-15)9-2-1-3-10-16/h4-7,15,18-19H,1-3,8-12H2. The molecule has 0 radical (unpaired) electrons. The van der Waals surface area contributed by atoms with Crippen LogP contribution in [0.2, 0.25) is 0 Å². The van der Waals surface area contributed by atoms with E-state index in [2.05, 4.69) is 0 Å². The molecule has 0 bridgehead atoms. The van der Waals surface area contributed by atoms with Gasteiger partial charge in [-0.05, 0) is 30.4 Å². The molecule has 0 amide bonds. The van der Waals surface area contributed by atoms with Crippen LogP contribution in [-0.4, -0.2) is 35.5 Å². The number of hydrogen-bond donors (Lipinski definition) is 2. The first-order chi connectivity index (χ1) is 10.2. The summed E-state index contributed by atoms with van der Waals surface area (Å²) in [4.78, 5) is 0. The quantitative estimate of drug-likeness (QED) is 0.831. The Balaban J connectivity index is 1.61. The first kappa shape index (κ1) is 14.9. The van der Waals surface area contributed by atoms with Gasteiger partial charge < -0.3 is 19.5 Å². The van der Waals surface area contributed by atoms with Crippen LogP contribution in [0.5, 0.6) is 5.75 Å². The van der Waals surface area contributed by atoms with Crippen molar-refractivity contribution in [2.24, 2.45) is 0 Å². The van der Waals surface area contributed by atoms with Crippen molar-refractivity contribution in [1.29, 1.82) is 0 Å². The number of rotatable bonds is 3. The van der Waals surface area contributed by atoms with E-state index >= 15 is 0 Å². The SMILES string of the molecule is OB(O)c1ccc(OC2CCOC3(CCCCC3)C2)cc1. The van der Waals surface area contributed by atoms with Crippen LogP contribution in [0.4, 0.5) is 0 Å². The van der Waals surface area contributed by atoms with Gasteiger partial charge in [-0.3, -0.25) is 0 Å². The highest BCUT2D eigenvalue weighted by Gasteiger charge is 2.39. The van der Waals surface area contributed by atoms with E-state index in [9.17, 15) is 0 Å². The van der Waals surface area contributed by atoms with Gasteiger partial charge in [0, 0.05) is 12.8 Å². The molecule has 1 heterocycles. The highest BCUT2D eigenvalue weighted by molar-refractivity contribution is 6.58. The van der Waals surface area contributed by atoms with E-state index in [1.165, 1.54) is 19.3 Å². The Bertz CT molecular complexity index is 448. The van der Waals surface area contributed by atoms with Crippen LogP contribution >= 0.6 is 0 Å². The minimum atomic E-state index is -1.42. The zero-order valence-electron chi connectivity index (χ0n) is 12.3. The third-order valence-electron chi connectivity index (χ3n) is 4.69. The topological polar surface area (TPSA) is 58.9 Å². The minimum absolute atomic E-state index is 0.0440. The molecule has 5 heteroatoms. The maximum atomic E-state index is 9.10. The Morgan fingerprint density at radius 2 is 1.81 bits per heavy atom. The highest BCUT2D eigenvalue weighted by Crippen LogP contribution is 2.39. The Labute approximate surface area is 126 Å². The summed E-state index contributed by atoms with van der Waals surface area (Å²) in [6.45, 7) is 0.776. The first-order valence-electron chi connectivity index (χ1n) is 7.94. The van der Waals surface area contributed by atoms with Gasteiger partial charge in [0.2, 0.25) is 0 Å². The maximum absolute atomic E-state index is 9.10. The molecular formula is C16H23BO4. The molecule has 0 aromatic heterocycles. The molecule has 114 valence electrons. The lowest BCUT2D eigenvalue weighted by atomic mass is 9.79. The summed E-state index contributed by atoms with van der Waals surface area (Å²) in [6, 6.07) is 6.99. The summed E-state index contributed by atoms with van der Waals surface area (Å²) in [5, 5.41) is 18.2. The minimum Gasteiger partial charge on any atom is -0.490 e. The first-order valence-corrected chi connectivity index (χ1v) is 7.94. The number of hydrogen-bond acceptors (Lipinski definition) is 4. The van der Waals surface area contributed by atoms with Crippen LogP contribution in [0.3, 0.4) is 0 Å². The van der Waals surface area contributed by atoms with Crippen LogP contribution in [0.15, 0.2) is 24.3 Å². The van der Waals surface area contributed by atoms with E-state index in [0.717, 1.165) is 38.0 Å². The third kappa shape index (κ3) is 3.60. The molecule has 2 fully saturated rings. The van der Waals surface area contributed by atoms with Gasteiger partial charge in [-0.25, -0.2) is 0 Å². The van der Waals surface area contributed by atoms with Crippen molar-refractivity contribution in [3.63, 3.8) is 0 Å². The molecule has 4 nitrogen and oxygen atoms in total. The van der Waals surface area contributed by atoms with E-state index in [1.54, 1.807) is 24.3 Å². The van der Waals surface area contributed by atoms with Crippen LogP contribution in [0, 0.1) is 0 Å². The van der Waals surface area contributed by atoms with E-state index in [1.807, 2.05) is 0 Å². The molecule has 1 aromatic rings. The molecule has 1 aromatic carbocycles. The van der Waals surface area contributed by atoms with Gasteiger partial charge in [0.15, 0.2) is 0 Å².